The summed E-state index contributed by atoms with van der Waals surface area (Å²) >= 11 is 0. The lowest BCUT2D eigenvalue weighted by molar-refractivity contribution is -0.118. The molecular formula is C12H12FNO2. The van der Waals surface area contributed by atoms with Crippen molar-refractivity contribution in [3.63, 3.8) is 0 Å². The van der Waals surface area contributed by atoms with Crippen molar-refractivity contribution in [2.24, 2.45) is 0 Å². The molecular weight excluding hydrogens is 209 g/mol. The van der Waals surface area contributed by atoms with Crippen LogP contribution in [-0.2, 0) is 4.79 Å². The Balaban J connectivity index is 2.56. The first-order valence-electron chi connectivity index (χ1n) is 4.82. The van der Waals surface area contributed by atoms with E-state index in [1.54, 1.807) is 0 Å². The normalized spacial score (nSPS) is 9.12. The highest BCUT2D eigenvalue weighted by Gasteiger charge is 2.02. The smallest absolute Gasteiger partial charge is 0.216 e. The molecule has 0 atom stereocenters. The summed E-state index contributed by atoms with van der Waals surface area (Å²) in [5.41, 5.74) is 0.155. The van der Waals surface area contributed by atoms with Gasteiger partial charge in [0.25, 0.3) is 0 Å². The number of amides is 1. The van der Waals surface area contributed by atoms with E-state index in [1.807, 2.05) is 0 Å². The van der Waals surface area contributed by atoms with Crippen molar-refractivity contribution in [1.29, 1.82) is 0 Å². The molecule has 0 saturated heterocycles. The van der Waals surface area contributed by atoms with E-state index in [-0.39, 0.29) is 11.5 Å². The lowest BCUT2D eigenvalue weighted by atomic mass is 10.2. The van der Waals surface area contributed by atoms with E-state index in [0.29, 0.717) is 13.0 Å². The van der Waals surface area contributed by atoms with Gasteiger partial charge in [0.15, 0.2) is 11.6 Å². The Labute approximate surface area is 93.3 Å². The number of phenolic OH excluding ortho intramolecular Hbond substituents is 1. The topological polar surface area (TPSA) is 49.3 Å². The van der Waals surface area contributed by atoms with Gasteiger partial charge in [-0.05, 0) is 12.1 Å². The molecule has 4 heteroatoms. The number of aromatic hydroxyl groups is 1. The maximum atomic E-state index is 13.2. The fourth-order valence-electron chi connectivity index (χ4n) is 1.08. The van der Waals surface area contributed by atoms with Crippen LogP contribution in [-0.4, -0.2) is 17.6 Å². The summed E-state index contributed by atoms with van der Waals surface area (Å²) in [4.78, 5) is 10.5. The molecule has 0 radical (unpaired) electrons. The summed E-state index contributed by atoms with van der Waals surface area (Å²) in [6.07, 6.45) is 0.439. The highest BCUT2D eigenvalue weighted by molar-refractivity contribution is 5.72. The van der Waals surface area contributed by atoms with Gasteiger partial charge in [0, 0.05) is 19.9 Å². The van der Waals surface area contributed by atoms with E-state index in [1.165, 1.54) is 25.1 Å². The molecule has 1 aromatic carbocycles. The van der Waals surface area contributed by atoms with Crippen LogP contribution in [0, 0.1) is 17.7 Å². The van der Waals surface area contributed by atoms with Crippen LogP contribution in [0.3, 0.4) is 0 Å². The molecule has 0 heterocycles. The molecule has 84 valence electrons. The third-order valence-electron chi connectivity index (χ3n) is 1.83. The minimum absolute atomic E-state index is 0.120. The van der Waals surface area contributed by atoms with Crippen molar-refractivity contribution in [3.8, 4) is 17.6 Å². The maximum Gasteiger partial charge on any atom is 0.216 e. The van der Waals surface area contributed by atoms with Gasteiger partial charge in [0.05, 0.1) is 5.56 Å². The summed E-state index contributed by atoms with van der Waals surface area (Å²) in [7, 11) is 0. The molecule has 0 unspecified atom stereocenters. The highest BCUT2D eigenvalue weighted by Crippen LogP contribution is 2.17. The molecule has 0 bridgehead atoms. The van der Waals surface area contributed by atoms with Gasteiger partial charge in [0.1, 0.15) is 0 Å². The molecule has 0 spiro atoms. The third kappa shape index (κ3) is 3.62. The average molecular weight is 221 g/mol. The number of phenols is 1. The second kappa shape index (κ2) is 5.76. The number of halogens is 1. The SMILES string of the molecule is CC(=O)NCCC#Cc1cccc(O)c1F. The number of nitrogens with one attached hydrogen (secondary N) is 1. The van der Waals surface area contributed by atoms with Gasteiger partial charge in [-0.3, -0.25) is 4.79 Å². The summed E-state index contributed by atoms with van der Waals surface area (Å²) < 4.78 is 13.2. The van der Waals surface area contributed by atoms with Gasteiger partial charge in [-0.1, -0.05) is 17.9 Å². The van der Waals surface area contributed by atoms with Crippen molar-refractivity contribution in [2.45, 2.75) is 13.3 Å². The van der Waals surface area contributed by atoms with Crippen LogP contribution in [0.1, 0.15) is 18.9 Å². The monoisotopic (exact) mass is 221 g/mol. The van der Waals surface area contributed by atoms with Crippen molar-refractivity contribution >= 4 is 5.91 Å². The van der Waals surface area contributed by atoms with E-state index in [4.69, 9.17) is 5.11 Å². The minimum atomic E-state index is -0.713. The number of hydrogen-bond acceptors (Lipinski definition) is 2. The summed E-state index contributed by atoms with van der Waals surface area (Å²) in [5.74, 6) is 4.06. The van der Waals surface area contributed by atoms with Crippen molar-refractivity contribution < 1.29 is 14.3 Å². The quantitative estimate of drug-likeness (QED) is 0.586. The molecule has 0 fully saturated rings. The molecule has 2 N–H and O–H groups in total. The number of hydrogen-bond donors (Lipinski definition) is 2. The van der Waals surface area contributed by atoms with Gasteiger partial charge in [-0.25, -0.2) is 4.39 Å². The fourth-order valence-corrected chi connectivity index (χ4v) is 1.08. The van der Waals surface area contributed by atoms with Gasteiger partial charge >= 0.3 is 0 Å². The molecule has 1 rings (SSSR count). The Kier molecular flexibility index (Phi) is 4.34. The number of carbonyl (C=O) groups is 1. The first-order valence-corrected chi connectivity index (χ1v) is 4.82. The van der Waals surface area contributed by atoms with Crippen LogP contribution >= 0.6 is 0 Å². The number of carbonyl (C=O) groups excluding carboxylic acids is 1. The Morgan fingerprint density at radius 3 is 3.00 bits per heavy atom. The molecule has 0 aliphatic heterocycles. The lowest BCUT2D eigenvalue weighted by Gasteiger charge is -1.97. The predicted molar refractivity (Wildman–Crippen MR) is 58.2 cm³/mol. The standard InChI is InChI=1S/C12H12FNO2/c1-9(15)14-8-3-2-5-10-6-4-7-11(16)12(10)13/h4,6-7,16H,3,8H2,1H3,(H,14,15). The Hall–Kier alpha value is -2.02. The largest absolute Gasteiger partial charge is 0.505 e. The molecule has 0 saturated carbocycles. The number of benzene rings is 1. The van der Waals surface area contributed by atoms with Crippen LogP contribution in [0.2, 0.25) is 0 Å². The third-order valence-corrected chi connectivity index (χ3v) is 1.83. The van der Waals surface area contributed by atoms with Gasteiger partial charge in [-0.2, -0.15) is 0 Å². The zero-order valence-electron chi connectivity index (χ0n) is 8.88. The van der Waals surface area contributed by atoms with Crippen LogP contribution in [0.4, 0.5) is 4.39 Å². The molecule has 0 aliphatic carbocycles. The van der Waals surface area contributed by atoms with Crippen LogP contribution < -0.4 is 5.32 Å². The van der Waals surface area contributed by atoms with E-state index >= 15 is 0 Å². The fraction of sp³-hybridized carbons (Fsp3) is 0.250. The molecule has 0 aromatic heterocycles. The van der Waals surface area contributed by atoms with Gasteiger partial charge in [-0.15, -0.1) is 0 Å². The van der Waals surface area contributed by atoms with Gasteiger partial charge < -0.3 is 10.4 Å². The Morgan fingerprint density at radius 2 is 2.31 bits per heavy atom. The first kappa shape index (κ1) is 12.1. The predicted octanol–water partition coefficient (Wildman–Crippen LogP) is 1.41. The van der Waals surface area contributed by atoms with Crippen molar-refractivity contribution in [2.75, 3.05) is 6.54 Å². The highest BCUT2D eigenvalue weighted by atomic mass is 19.1. The lowest BCUT2D eigenvalue weighted by Crippen LogP contribution is -2.20. The zero-order chi connectivity index (χ0) is 12.0. The number of rotatable bonds is 2. The van der Waals surface area contributed by atoms with E-state index in [2.05, 4.69) is 17.2 Å². The minimum Gasteiger partial charge on any atom is -0.505 e. The molecule has 3 nitrogen and oxygen atoms in total. The van der Waals surface area contributed by atoms with Crippen LogP contribution in [0.15, 0.2) is 18.2 Å². The molecule has 0 aliphatic rings. The van der Waals surface area contributed by atoms with Crippen LogP contribution in [0.5, 0.6) is 5.75 Å². The van der Waals surface area contributed by atoms with E-state index in [0.717, 1.165) is 0 Å². The van der Waals surface area contributed by atoms with Crippen LogP contribution in [0.25, 0.3) is 0 Å². The average Bonchev–Trinajstić information content (AvgIpc) is 2.23. The second-order valence-corrected chi connectivity index (χ2v) is 3.17. The first-order chi connectivity index (χ1) is 7.61. The molecule has 1 aromatic rings. The zero-order valence-corrected chi connectivity index (χ0v) is 8.88. The molecule has 16 heavy (non-hydrogen) atoms. The Bertz CT molecular complexity index is 446. The Morgan fingerprint density at radius 1 is 1.56 bits per heavy atom. The van der Waals surface area contributed by atoms with Crippen molar-refractivity contribution in [1.82, 2.24) is 5.32 Å². The summed E-state index contributed by atoms with van der Waals surface area (Å²) in [6.45, 7) is 1.85. The summed E-state index contributed by atoms with van der Waals surface area (Å²) in [6, 6.07) is 4.27. The molecule has 1 amide bonds. The summed E-state index contributed by atoms with van der Waals surface area (Å²) in [5, 5.41) is 11.6. The van der Waals surface area contributed by atoms with Crippen molar-refractivity contribution in [3.05, 3.63) is 29.6 Å². The van der Waals surface area contributed by atoms with Gasteiger partial charge in [0.2, 0.25) is 5.91 Å². The van der Waals surface area contributed by atoms with E-state index < -0.39 is 11.6 Å². The second-order valence-electron chi connectivity index (χ2n) is 3.17. The van der Waals surface area contributed by atoms with E-state index in [9.17, 15) is 9.18 Å². The maximum absolute atomic E-state index is 13.2.